The lowest BCUT2D eigenvalue weighted by molar-refractivity contribution is 0.0692. The van der Waals surface area contributed by atoms with Gasteiger partial charge in [-0.15, -0.1) is 22.7 Å². The quantitative estimate of drug-likeness (QED) is 0.400. The van der Waals surface area contributed by atoms with E-state index in [0.29, 0.717) is 35.7 Å². The van der Waals surface area contributed by atoms with Crippen LogP contribution < -0.4 is 5.32 Å². The van der Waals surface area contributed by atoms with Crippen LogP contribution in [-0.4, -0.2) is 50.2 Å². The number of aromatic nitrogens is 3. The first-order chi connectivity index (χ1) is 17.4. The molecule has 4 heterocycles. The predicted molar refractivity (Wildman–Crippen MR) is 143 cm³/mol. The van der Waals surface area contributed by atoms with E-state index in [1.54, 1.807) is 17.5 Å². The summed E-state index contributed by atoms with van der Waals surface area (Å²) in [6, 6.07) is 8.19. The number of rotatable bonds is 5. The smallest absolute Gasteiger partial charge is 0.274 e. The van der Waals surface area contributed by atoms with E-state index in [9.17, 15) is 9.59 Å². The van der Waals surface area contributed by atoms with Crippen molar-refractivity contribution in [3.63, 3.8) is 0 Å². The van der Waals surface area contributed by atoms with E-state index in [2.05, 4.69) is 36.3 Å². The number of nitrogens with zero attached hydrogens (tertiary/aromatic N) is 4. The second-order valence-corrected chi connectivity index (χ2v) is 12.3. The second-order valence-electron chi connectivity index (χ2n) is 10.2. The first kappa shape index (κ1) is 23.4. The lowest BCUT2D eigenvalue weighted by atomic mass is 9.93. The fourth-order valence-electron chi connectivity index (χ4n) is 6.11. The molecule has 3 aromatic heterocycles. The molecule has 1 N–H and O–H groups in total. The topological polar surface area (TPSA) is 79.6 Å². The van der Waals surface area contributed by atoms with Crippen molar-refractivity contribution in [2.24, 2.45) is 17.8 Å². The van der Waals surface area contributed by atoms with Gasteiger partial charge in [0.15, 0.2) is 4.96 Å². The van der Waals surface area contributed by atoms with Crippen molar-refractivity contribution in [3.05, 3.63) is 64.0 Å². The second kappa shape index (κ2) is 9.12. The van der Waals surface area contributed by atoms with Crippen LogP contribution in [0, 0.1) is 31.6 Å². The lowest BCUT2D eigenvalue weighted by Gasteiger charge is -2.28. The summed E-state index contributed by atoms with van der Waals surface area (Å²) in [5, 5.41) is 5.93. The molecule has 0 radical (unpaired) electrons. The van der Waals surface area contributed by atoms with Crippen LogP contribution in [0.5, 0.6) is 0 Å². The van der Waals surface area contributed by atoms with E-state index in [-0.39, 0.29) is 17.9 Å². The summed E-state index contributed by atoms with van der Waals surface area (Å²) in [7, 11) is 0. The van der Waals surface area contributed by atoms with Gasteiger partial charge < -0.3 is 10.2 Å². The first-order valence-corrected chi connectivity index (χ1v) is 14.1. The molecule has 1 saturated carbocycles. The Morgan fingerprint density at radius 3 is 2.92 bits per heavy atom. The van der Waals surface area contributed by atoms with Gasteiger partial charge in [-0.05, 0) is 50.0 Å². The number of amides is 2. The minimum Gasteiger partial charge on any atom is -0.349 e. The molecule has 6 rings (SSSR count). The largest absolute Gasteiger partial charge is 0.349 e. The Morgan fingerprint density at radius 1 is 1.22 bits per heavy atom. The minimum atomic E-state index is -0.159. The Kier molecular flexibility index (Phi) is 5.92. The highest BCUT2D eigenvalue weighted by Crippen LogP contribution is 2.46. The maximum Gasteiger partial charge on any atom is 0.274 e. The molecule has 1 aliphatic carbocycles. The van der Waals surface area contributed by atoms with Gasteiger partial charge in [-0.2, -0.15) is 0 Å². The van der Waals surface area contributed by atoms with Gasteiger partial charge in [-0.1, -0.05) is 36.8 Å². The van der Waals surface area contributed by atoms with Gasteiger partial charge in [0.2, 0.25) is 0 Å². The number of aryl methyl sites for hydroxylation is 2. The molecular formula is C27H29N5O2S2. The lowest BCUT2D eigenvalue weighted by Crippen LogP contribution is -2.46. The van der Waals surface area contributed by atoms with Crippen LogP contribution in [0.1, 0.15) is 51.3 Å². The molecular weight excluding hydrogens is 490 g/mol. The van der Waals surface area contributed by atoms with Crippen LogP contribution in [-0.2, 0) is 0 Å². The summed E-state index contributed by atoms with van der Waals surface area (Å²) < 4.78 is 1.81. The molecule has 1 saturated heterocycles. The van der Waals surface area contributed by atoms with Crippen molar-refractivity contribution in [2.75, 3.05) is 13.1 Å². The number of likely N-dealkylation sites (tertiary alicyclic amines) is 1. The maximum absolute atomic E-state index is 14.0. The Labute approximate surface area is 218 Å². The molecule has 36 heavy (non-hydrogen) atoms. The molecule has 0 spiro atoms. The van der Waals surface area contributed by atoms with Gasteiger partial charge >= 0.3 is 0 Å². The van der Waals surface area contributed by atoms with Crippen molar-refractivity contribution < 1.29 is 9.59 Å². The zero-order valence-electron chi connectivity index (χ0n) is 20.6. The van der Waals surface area contributed by atoms with Crippen LogP contribution >= 0.6 is 22.7 Å². The summed E-state index contributed by atoms with van der Waals surface area (Å²) in [6.07, 6.45) is 5.68. The minimum absolute atomic E-state index is 0.0262. The van der Waals surface area contributed by atoms with E-state index >= 15 is 0 Å². The Balaban J connectivity index is 1.28. The maximum atomic E-state index is 14.0. The number of carbonyl (C=O) groups excluding carboxylic acids is 2. The summed E-state index contributed by atoms with van der Waals surface area (Å²) >= 11 is 3.07. The van der Waals surface area contributed by atoms with E-state index in [0.717, 1.165) is 45.4 Å². The van der Waals surface area contributed by atoms with Crippen LogP contribution in [0.25, 0.3) is 15.4 Å². The molecule has 1 unspecified atom stereocenters. The third-order valence-electron chi connectivity index (χ3n) is 7.64. The van der Waals surface area contributed by atoms with Gasteiger partial charge in [0.25, 0.3) is 11.8 Å². The van der Waals surface area contributed by atoms with Crippen LogP contribution in [0.15, 0.2) is 42.0 Å². The van der Waals surface area contributed by atoms with Gasteiger partial charge in [0, 0.05) is 24.7 Å². The highest BCUT2D eigenvalue weighted by Gasteiger charge is 2.48. The number of thiazole rings is 2. The van der Waals surface area contributed by atoms with Gasteiger partial charge in [0.05, 0.1) is 22.1 Å². The average Bonchev–Trinajstić information content (AvgIpc) is 3.64. The normalized spacial score (nSPS) is 23.4. The van der Waals surface area contributed by atoms with Crippen molar-refractivity contribution in [2.45, 2.75) is 39.7 Å². The van der Waals surface area contributed by atoms with E-state index in [4.69, 9.17) is 4.98 Å². The average molecular weight is 520 g/mol. The van der Waals surface area contributed by atoms with Crippen molar-refractivity contribution in [3.8, 4) is 10.4 Å². The van der Waals surface area contributed by atoms with Crippen molar-refractivity contribution >= 4 is 39.4 Å². The van der Waals surface area contributed by atoms with Crippen LogP contribution in [0.2, 0.25) is 0 Å². The molecule has 186 valence electrons. The SMILES string of the molecule is Cc1cccc(-c2sc(C)nc2C(=O)N2C[C@@H]3CC(C)C[C@@H]3[C@H]2CNC(=O)c2cnc3sccn23)c1. The molecule has 4 atom stereocenters. The molecule has 4 aromatic rings. The monoisotopic (exact) mass is 519 g/mol. The standard InChI is InChI=1S/C27H29N5O2S2/c1-15-5-4-6-18(9-15)24-23(30-17(3)36-24)26(34)32-14-19-10-16(2)11-20(19)21(32)12-28-25(33)22-13-29-27-31(22)7-8-35-27/h4-9,13,16,19-21H,10-12,14H2,1-3H3,(H,28,33)/t16?,19-,20-,21+/m0/s1. The summed E-state index contributed by atoms with van der Waals surface area (Å²) in [5.74, 6) is 1.30. The Morgan fingerprint density at radius 2 is 2.08 bits per heavy atom. The molecule has 2 fully saturated rings. The summed E-state index contributed by atoms with van der Waals surface area (Å²) in [4.78, 5) is 39.8. The number of benzene rings is 1. The third kappa shape index (κ3) is 4.04. The van der Waals surface area contributed by atoms with Gasteiger partial charge in [0.1, 0.15) is 11.4 Å². The molecule has 2 amide bonds. The van der Waals surface area contributed by atoms with E-state index in [1.165, 1.54) is 11.3 Å². The van der Waals surface area contributed by atoms with E-state index in [1.807, 2.05) is 39.9 Å². The van der Waals surface area contributed by atoms with Gasteiger partial charge in [-0.3, -0.25) is 14.0 Å². The molecule has 9 heteroatoms. The molecule has 7 nitrogen and oxygen atoms in total. The predicted octanol–water partition coefficient (Wildman–Crippen LogP) is 5.05. The number of carbonyl (C=O) groups is 2. The zero-order chi connectivity index (χ0) is 25.0. The Bertz CT molecular complexity index is 1450. The van der Waals surface area contributed by atoms with E-state index < -0.39 is 0 Å². The molecule has 1 aliphatic heterocycles. The highest BCUT2D eigenvalue weighted by molar-refractivity contribution is 7.15. The molecule has 0 bridgehead atoms. The van der Waals surface area contributed by atoms with Crippen molar-refractivity contribution in [1.82, 2.24) is 24.6 Å². The Hall–Kier alpha value is -3.04. The number of hydrogen-bond acceptors (Lipinski definition) is 6. The summed E-state index contributed by atoms with van der Waals surface area (Å²) in [6.45, 7) is 7.46. The molecule has 1 aromatic carbocycles. The zero-order valence-corrected chi connectivity index (χ0v) is 22.2. The number of hydrogen-bond donors (Lipinski definition) is 1. The molecule has 2 aliphatic rings. The number of nitrogens with one attached hydrogen (secondary N) is 1. The van der Waals surface area contributed by atoms with Crippen molar-refractivity contribution in [1.29, 1.82) is 0 Å². The third-order valence-corrected chi connectivity index (χ3v) is 9.43. The van der Waals surface area contributed by atoms with Gasteiger partial charge in [-0.25, -0.2) is 9.97 Å². The number of imidazole rings is 1. The van der Waals surface area contributed by atoms with Crippen LogP contribution in [0.4, 0.5) is 0 Å². The van der Waals surface area contributed by atoms with Crippen LogP contribution in [0.3, 0.4) is 0 Å². The number of fused-ring (bicyclic) bond motifs is 2. The summed E-state index contributed by atoms with van der Waals surface area (Å²) in [5.41, 5.74) is 3.24. The highest BCUT2D eigenvalue weighted by atomic mass is 32.1. The first-order valence-electron chi connectivity index (χ1n) is 12.4. The fraction of sp³-hybridized carbons (Fsp3) is 0.407. The fourth-order valence-corrected chi connectivity index (χ4v) is 7.71.